The van der Waals surface area contributed by atoms with Gasteiger partial charge in [0, 0.05) is 6.54 Å². The van der Waals surface area contributed by atoms with E-state index in [1.54, 1.807) is 0 Å². The maximum atomic E-state index is 10.3. The lowest BCUT2D eigenvalue weighted by Gasteiger charge is -2.18. The molecule has 1 aromatic carbocycles. The van der Waals surface area contributed by atoms with Crippen molar-refractivity contribution >= 4 is 0 Å². The summed E-state index contributed by atoms with van der Waals surface area (Å²) in [5, 5.41) is 10.3. The molecule has 0 aliphatic carbocycles. The number of para-hydroxylation sites is 1. The first-order chi connectivity index (χ1) is 8.58. The van der Waals surface area contributed by atoms with Gasteiger partial charge in [-0.15, -0.1) is 0 Å². The number of hydrogen-bond donors (Lipinski definition) is 1. The zero-order valence-electron chi connectivity index (χ0n) is 12.2. The molecule has 102 valence electrons. The third-order valence-corrected chi connectivity index (χ3v) is 3.42. The van der Waals surface area contributed by atoms with Gasteiger partial charge in [0.25, 0.3) is 0 Å². The molecule has 18 heavy (non-hydrogen) atoms. The minimum atomic E-state index is 0.512. The van der Waals surface area contributed by atoms with E-state index in [0.717, 1.165) is 43.6 Å². The van der Waals surface area contributed by atoms with Gasteiger partial charge in [-0.3, -0.25) is 0 Å². The SMILES string of the molecule is CCN(CC)CCc1cccc(CC(C)C)c1O. The number of phenols is 1. The second-order valence-corrected chi connectivity index (χ2v) is 5.30. The standard InChI is InChI=1S/C16H27NO/c1-5-17(6-2)11-10-14-8-7-9-15(16(14)18)12-13(3)4/h7-9,13,18H,5-6,10-12H2,1-4H3. The number of aromatic hydroxyl groups is 1. The van der Waals surface area contributed by atoms with Crippen LogP contribution in [0.2, 0.25) is 0 Å². The van der Waals surface area contributed by atoms with Crippen molar-refractivity contribution in [3.05, 3.63) is 29.3 Å². The van der Waals surface area contributed by atoms with Crippen LogP contribution in [0.1, 0.15) is 38.8 Å². The van der Waals surface area contributed by atoms with E-state index in [0.29, 0.717) is 11.7 Å². The number of hydrogen-bond acceptors (Lipinski definition) is 2. The molecule has 1 rings (SSSR count). The van der Waals surface area contributed by atoms with Crippen LogP contribution in [-0.4, -0.2) is 29.6 Å². The zero-order chi connectivity index (χ0) is 13.5. The lowest BCUT2D eigenvalue weighted by molar-refractivity contribution is 0.306. The second-order valence-electron chi connectivity index (χ2n) is 5.30. The summed E-state index contributed by atoms with van der Waals surface area (Å²) in [6.07, 6.45) is 1.88. The van der Waals surface area contributed by atoms with Crippen molar-refractivity contribution in [3.63, 3.8) is 0 Å². The summed E-state index contributed by atoms with van der Waals surface area (Å²) >= 11 is 0. The molecule has 0 saturated heterocycles. The fourth-order valence-electron chi connectivity index (χ4n) is 2.27. The summed E-state index contributed by atoms with van der Waals surface area (Å²) in [5.74, 6) is 1.09. The van der Waals surface area contributed by atoms with Gasteiger partial charge in [0.1, 0.15) is 5.75 Å². The van der Waals surface area contributed by atoms with Gasteiger partial charge >= 0.3 is 0 Å². The highest BCUT2D eigenvalue weighted by atomic mass is 16.3. The Morgan fingerprint density at radius 1 is 1.11 bits per heavy atom. The van der Waals surface area contributed by atoms with Crippen molar-refractivity contribution in [2.24, 2.45) is 5.92 Å². The fourth-order valence-corrected chi connectivity index (χ4v) is 2.27. The van der Waals surface area contributed by atoms with E-state index in [2.05, 4.69) is 38.7 Å². The van der Waals surface area contributed by atoms with Crippen molar-refractivity contribution in [1.29, 1.82) is 0 Å². The van der Waals surface area contributed by atoms with Crippen LogP contribution in [-0.2, 0) is 12.8 Å². The molecule has 0 aliphatic heterocycles. The zero-order valence-corrected chi connectivity index (χ0v) is 12.2. The van der Waals surface area contributed by atoms with Crippen LogP contribution in [0.25, 0.3) is 0 Å². The van der Waals surface area contributed by atoms with E-state index in [9.17, 15) is 5.11 Å². The molecule has 1 aromatic rings. The number of phenolic OH excluding ortho intramolecular Hbond substituents is 1. The van der Waals surface area contributed by atoms with Crippen LogP contribution in [0.3, 0.4) is 0 Å². The fraction of sp³-hybridized carbons (Fsp3) is 0.625. The highest BCUT2D eigenvalue weighted by Gasteiger charge is 2.09. The summed E-state index contributed by atoms with van der Waals surface area (Å²) in [6.45, 7) is 11.9. The van der Waals surface area contributed by atoms with Crippen molar-refractivity contribution in [2.45, 2.75) is 40.5 Å². The van der Waals surface area contributed by atoms with E-state index in [-0.39, 0.29) is 0 Å². The van der Waals surface area contributed by atoms with E-state index in [1.165, 1.54) is 0 Å². The third-order valence-electron chi connectivity index (χ3n) is 3.42. The number of nitrogens with zero attached hydrogens (tertiary/aromatic N) is 1. The van der Waals surface area contributed by atoms with E-state index in [1.807, 2.05) is 12.1 Å². The molecule has 0 aliphatic rings. The molecular formula is C16H27NO. The van der Waals surface area contributed by atoms with Gasteiger partial charge in [-0.25, -0.2) is 0 Å². The van der Waals surface area contributed by atoms with Gasteiger partial charge in [0.05, 0.1) is 0 Å². The molecular weight excluding hydrogens is 222 g/mol. The lowest BCUT2D eigenvalue weighted by atomic mass is 9.98. The Labute approximate surface area is 112 Å². The van der Waals surface area contributed by atoms with Crippen molar-refractivity contribution in [1.82, 2.24) is 4.90 Å². The van der Waals surface area contributed by atoms with Crippen LogP contribution in [0.5, 0.6) is 5.75 Å². The predicted molar refractivity (Wildman–Crippen MR) is 78.1 cm³/mol. The molecule has 0 aromatic heterocycles. The van der Waals surface area contributed by atoms with Crippen LogP contribution < -0.4 is 0 Å². The molecule has 0 heterocycles. The Morgan fingerprint density at radius 3 is 2.28 bits per heavy atom. The average Bonchev–Trinajstić information content (AvgIpc) is 2.34. The summed E-state index contributed by atoms with van der Waals surface area (Å²) in [4.78, 5) is 2.38. The molecule has 2 heteroatoms. The molecule has 0 saturated carbocycles. The number of benzene rings is 1. The van der Waals surface area contributed by atoms with E-state index < -0.39 is 0 Å². The second kappa shape index (κ2) is 7.42. The van der Waals surface area contributed by atoms with E-state index in [4.69, 9.17) is 0 Å². The largest absolute Gasteiger partial charge is 0.507 e. The van der Waals surface area contributed by atoms with Crippen LogP contribution >= 0.6 is 0 Å². The summed E-state index contributed by atoms with van der Waals surface area (Å²) in [7, 11) is 0. The molecule has 0 atom stereocenters. The molecule has 0 unspecified atom stereocenters. The van der Waals surface area contributed by atoms with Crippen molar-refractivity contribution < 1.29 is 5.11 Å². The molecule has 0 bridgehead atoms. The maximum absolute atomic E-state index is 10.3. The van der Waals surface area contributed by atoms with Crippen molar-refractivity contribution in [2.75, 3.05) is 19.6 Å². The molecule has 0 radical (unpaired) electrons. The quantitative estimate of drug-likeness (QED) is 0.800. The molecule has 0 spiro atoms. The van der Waals surface area contributed by atoms with Gasteiger partial charge in [0.2, 0.25) is 0 Å². The Kier molecular flexibility index (Phi) is 6.20. The minimum absolute atomic E-state index is 0.512. The average molecular weight is 249 g/mol. The van der Waals surface area contributed by atoms with E-state index >= 15 is 0 Å². The van der Waals surface area contributed by atoms with Gasteiger partial charge in [0.15, 0.2) is 0 Å². The minimum Gasteiger partial charge on any atom is -0.507 e. The molecule has 0 fully saturated rings. The van der Waals surface area contributed by atoms with Crippen LogP contribution in [0.15, 0.2) is 18.2 Å². The highest BCUT2D eigenvalue weighted by molar-refractivity contribution is 5.40. The lowest BCUT2D eigenvalue weighted by Crippen LogP contribution is -2.25. The number of rotatable bonds is 7. The van der Waals surface area contributed by atoms with Crippen LogP contribution in [0.4, 0.5) is 0 Å². The summed E-state index contributed by atoms with van der Waals surface area (Å²) in [5.41, 5.74) is 2.17. The third kappa shape index (κ3) is 4.34. The normalized spacial score (nSPS) is 11.4. The smallest absolute Gasteiger partial charge is 0.122 e. The predicted octanol–water partition coefficient (Wildman–Crippen LogP) is 3.48. The Hall–Kier alpha value is -1.02. The molecule has 0 amide bonds. The monoisotopic (exact) mass is 249 g/mol. The van der Waals surface area contributed by atoms with Crippen LogP contribution in [0, 0.1) is 5.92 Å². The van der Waals surface area contributed by atoms with Gasteiger partial charge in [-0.05, 0) is 43.0 Å². The Balaban J connectivity index is 2.71. The molecule has 1 N–H and O–H groups in total. The first kappa shape index (κ1) is 15.0. The Bertz CT molecular complexity index is 356. The van der Waals surface area contributed by atoms with Gasteiger partial charge in [-0.1, -0.05) is 45.9 Å². The van der Waals surface area contributed by atoms with Crippen molar-refractivity contribution in [3.8, 4) is 5.75 Å². The highest BCUT2D eigenvalue weighted by Crippen LogP contribution is 2.25. The number of likely N-dealkylation sites (N-methyl/N-ethyl adjacent to an activating group) is 1. The molecule has 2 nitrogen and oxygen atoms in total. The summed E-state index contributed by atoms with van der Waals surface area (Å²) in [6, 6.07) is 6.15. The summed E-state index contributed by atoms with van der Waals surface area (Å²) < 4.78 is 0. The maximum Gasteiger partial charge on any atom is 0.122 e. The Morgan fingerprint density at radius 2 is 1.72 bits per heavy atom. The first-order valence-electron chi connectivity index (χ1n) is 7.10. The topological polar surface area (TPSA) is 23.5 Å². The first-order valence-corrected chi connectivity index (χ1v) is 7.10. The van der Waals surface area contributed by atoms with Gasteiger partial charge in [-0.2, -0.15) is 0 Å². The van der Waals surface area contributed by atoms with Gasteiger partial charge < -0.3 is 10.0 Å².